The number of carboxylic acids is 1. The molecule has 22 nitrogen and oxygen atoms in total. The number of aryl methyl sites for hydroxylation is 1. The van der Waals surface area contributed by atoms with Crippen LogP contribution in [0.4, 0.5) is 11.4 Å². The van der Waals surface area contributed by atoms with Crippen molar-refractivity contribution in [3.63, 3.8) is 0 Å². The van der Waals surface area contributed by atoms with Crippen molar-refractivity contribution in [1.82, 2.24) is 47.0 Å². The summed E-state index contributed by atoms with van der Waals surface area (Å²) >= 11 is 0. The van der Waals surface area contributed by atoms with E-state index in [1.807, 2.05) is 97.2 Å². The van der Waals surface area contributed by atoms with Crippen molar-refractivity contribution in [2.45, 2.75) is 506 Å². The molecule has 9 N–H and O–H groups in total. The second-order valence-electron chi connectivity index (χ2n) is 43.7. The van der Waals surface area contributed by atoms with Crippen LogP contribution in [0.25, 0.3) is 0 Å². The third-order valence-electron chi connectivity index (χ3n) is 18.0. The van der Waals surface area contributed by atoms with Gasteiger partial charge in [-0.05, 0) is 356 Å². The van der Waals surface area contributed by atoms with Crippen molar-refractivity contribution in [3.05, 3.63) is 54.1 Å². The molecule has 0 spiro atoms. The van der Waals surface area contributed by atoms with Gasteiger partial charge >= 0.3 is 118 Å². The summed E-state index contributed by atoms with van der Waals surface area (Å²) in [6, 6.07) is 14.1. The largest absolute Gasteiger partial charge is 1.00 e. The molecule has 29 heteroatoms. The van der Waals surface area contributed by atoms with Crippen LogP contribution < -0.4 is 171 Å². The third kappa shape index (κ3) is 106. The number of rotatable bonds is 25. The zero-order chi connectivity index (χ0) is 94.4. The van der Waals surface area contributed by atoms with Gasteiger partial charge in [0.05, 0.1) is 41.3 Å². The fraction of sp³-hybridized carbons (Fsp3) is 0.869. The molecule has 4 unspecified atom stereocenters. The zero-order valence-corrected chi connectivity index (χ0v) is 98.5. The molecule has 0 saturated heterocycles. The van der Waals surface area contributed by atoms with Gasteiger partial charge in [0, 0.05) is 104 Å². The van der Waals surface area contributed by atoms with Crippen LogP contribution in [-0.2, 0) is 35.1 Å². The minimum absolute atomic E-state index is 0. The van der Waals surface area contributed by atoms with Crippen LogP contribution in [-0.4, -0.2) is 198 Å². The van der Waals surface area contributed by atoms with Crippen molar-refractivity contribution in [3.8, 4) is 0 Å². The van der Waals surface area contributed by atoms with Crippen LogP contribution in [0.3, 0.4) is 0 Å². The van der Waals surface area contributed by atoms with Gasteiger partial charge in [0.15, 0.2) is 0 Å². The number of carbonyl (C=O) groups excluding carboxylic acids is 1. The molecule has 0 bridgehead atoms. The van der Waals surface area contributed by atoms with E-state index in [2.05, 4.69) is 276 Å². The predicted octanol–water partition coefficient (Wildman–Crippen LogP) is 10.2. The molecule has 2 aliphatic rings. The monoisotopic (exact) mass is 1920 g/mol. The minimum atomic E-state index is -4.42. The predicted molar refractivity (Wildman–Crippen MR) is 547 cm³/mol. The molecule has 4 rings (SSSR count). The molecule has 0 aliphatic heterocycles. The summed E-state index contributed by atoms with van der Waals surface area (Å²) in [6.07, 6.45) is 14.3. The van der Waals surface area contributed by atoms with E-state index in [0.717, 1.165) is 51.7 Å². The summed E-state index contributed by atoms with van der Waals surface area (Å²) < 4.78 is 98.9. The van der Waals surface area contributed by atoms with Gasteiger partial charge in [-0.25, -0.2) is 25.3 Å². The standard InChI is InChI=1S/C12H27N.C11H17N.C10H21NO3S.C10H15NO3S.2C10H23N.C9H19NO3S.C7H18N2.C7H15NO2.C7H17N.6CH4.4Na/c1-8-9-10-13(11(2,3)4)12(5,6)7;1-9-7-5-6-8-10(9)12-11(2,3)4;2*1-10(2,3)11-8-6-4-5-7-9(8)15(12,13)14;1-9(2,3)7-8-11-10(4,5)6;1-6-8-9-11(7-2)10(3,4)5;1-9(2,3)10-7-5-4-6-8(7)14(11,12)13;1-7(2,3)9-6-5-8-4;1-7(2,3)8-5-4-6(9)10;1-5-6-7(2,3)8-4;;;;;;;;;;/h8-10H2,1-7H3;5-8,12H,1-4H3;8-9,11H,4-7H2,1-3H3,(H,12,13,14);4-7,11H,1-3H3,(H,12,13,14);11H,7-8H2,1-6H3;6-9H2,1-5H3;7-8,10H,4-6H2,1-3H3,(H,11,12,13);8-9H,5-6H2,1-4H3;8H,4-5H2,1-3H3,(H,9,10);8H,5-6H2,1-4H3;6*1H4;;;;/q;;;;;;;;;;;;;;;;4*+1/p-4. The van der Waals surface area contributed by atoms with Gasteiger partial charge in [0.2, 0.25) is 0 Å². The van der Waals surface area contributed by atoms with E-state index in [0.29, 0.717) is 41.6 Å². The van der Waals surface area contributed by atoms with Gasteiger partial charge in [-0.15, -0.1) is 0 Å². The molecule has 128 heavy (non-hydrogen) atoms. The Morgan fingerprint density at radius 2 is 0.758 bits per heavy atom. The number of unbranched alkanes of at least 4 members (excludes halogenated alkanes) is 2. The normalized spacial score (nSPS) is 15.3. The molecule has 2 aromatic rings. The Kier molecular flexibility index (Phi) is 100. The number of carboxylic acid groups (broad SMARTS) is 1. The smallest absolute Gasteiger partial charge is 0.748 e. The summed E-state index contributed by atoms with van der Waals surface area (Å²) in [5.74, 6) is -1.00. The second kappa shape index (κ2) is 77.6. The maximum Gasteiger partial charge on any atom is 1.00 e. The van der Waals surface area contributed by atoms with Crippen LogP contribution in [0.5, 0.6) is 0 Å². The molecular weight excluding hydrogens is 1710 g/mol. The molecule has 2 fully saturated rings. The Balaban J connectivity index is -0.0000000775. The van der Waals surface area contributed by atoms with Crippen molar-refractivity contribution in [2.24, 2.45) is 5.41 Å². The van der Waals surface area contributed by atoms with E-state index < -0.39 is 46.8 Å². The van der Waals surface area contributed by atoms with Gasteiger partial charge in [0.25, 0.3) is 0 Å². The molecule has 4 atom stereocenters. The number of hydrogen-bond donors (Lipinski definition) is 9. The van der Waals surface area contributed by atoms with Crippen molar-refractivity contribution in [2.75, 3.05) is 70.5 Å². The van der Waals surface area contributed by atoms with Crippen molar-refractivity contribution < 1.29 is 167 Å². The number of nitrogens with one attached hydrogen (secondary N) is 9. The van der Waals surface area contributed by atoms with E-state index >= 15 is 0 Å². The molecule has 2 aliphatic carbocycles. The first-order chi connectivity index (χ1) is 52.6. The average molecular weight is 1920 g/mol. The fourth-order valence-corrected chi connectivity index (χ4v) is 15.2. The van der Waals surface area contributed by atoms with E-state index in [9.17, 15) is 48.8 Å². The minimum Gasteiger partial charge on any atom is -0.748 e. The average Bonchev–Trinajstić information content (AvgIpc) is 1.05. The number of para-hydroxylation sites is 2. The summed E-state index contributed by atoms with van der Waals surface area (Å²) in [5.41, 5.74) is 4.68. The first kappa shape index (κ1) is 165. The Hall–Kier alpha value is 0.880. The van der Waals surface area contributed by atoms with E-state index in [1.165, 1.54) is 88.0 Å². The van der Waals surface area contributed by atoms with Crippen molar-refractivity contribution in [1.29, 1.82) is 0 Å². The Bertz CT molecular complexity index is 3240. The number of nitrogens with zero attached hydrogens (tertiary/aromatic N) is 2. The van der Waals surface area contributed by atoms with Crippen LogP contribution in [0.1, 0.15) is 416 Å². The maximum atomic E-state index is 11.1. The quantitative estimate of drug-likeness (QED) is 0.0253. The molecular formula is C99H215N11Na4O11S3. The number of likely N-dealkylation sites (N-methyl/N-ethyl adjacent to an activating group) is 1. The van der Waals surface area contributed by atoms with Gasteiger partial charge in [-0.2, -0.15) is 0 Å². The summed E-state index contributed by atoms with van der Waals surface area (Å²) in [6.45, 7) is 93.4. The SMILES string of the molecule is C.C.C.C.C.C.CC(C)(C)CCNC(C)(C)C.CC(C)(C)NC1CCCC1S(=O)(=O)[O-].CC(C)(C)NC1CCCCC1S(=O)(=O)[O-].CC(C)(C)NCCC(=O)[O-].CC(C)(C)Nc1ccccc1S(=O)(=O)[O-].CCCC(C)(C)NC.CCCCN(C(C)(C)C)C(C)(C)C.CCCCN(CC)C(C)(C)C.CNCCNC(C)(C)C.Cc1ccccc1NC(C)(C)C.[Na+].[Na+].[Na+].[Na+]. The fourth-order valence-electron chi connectivity index (χ4n) is 12.4. The first-order valence-corrected chi connectivity index (χ1v) is 48.4. The number of hydrogen-bond acceptors (Lipinski definition) is 22. The molecule has 0 radical (unpaired) electrons. The van der Waals surface area contributed by atoms with Crippen LogP contribution in [0.2, 0.25) is 0 Å². The Labute approximate surface area is 888 Å². The Morgan fingerprint density at radius 1 is 0.414 bits per heavy atom. The van der Waals surface area contributed by atoms with Crippen LogP contribution >= 0.6 is 0 Å². The van der Waals surface area contributed by atoms with Crippen LogP contribution in [0.15, 0.2) is 53.4 Å². The summed E-state index contributed by atoms with van der Waals surface area (Å²) in [5, 5.41) is 37.5. The maximum absolute atomic E-state index is 11.1. The van der Waals surface area contributed by atoms with Crippen molar-refractivity contribution >= 4 is 47.7 Å². The Morgan fingerprint density at radius 3 is 1.05 bits per heavy atom. The van der Waals surface area contributed by atoms with Gasteiger partial charge in [-0.1, -0.05) is 162 Å². The summed E-state index contributed by atoms with van der Waals surface area (Å²) in [7, 11) is -8.74. The molecule has 0 aromatic heterocycles. The second-order valence-corrected chi connectivity index (χ2v) is 48.2. The van der Waals surface area contributed by atoms with Gasteiger partial charge < -0.3 is 71.4 Å². The van der Waals surface area contributed by atoms with Crippen LogP contribution in [0, 0.1) is 12.3 Å². The van der Waals surface area contributed by atoms with Gasteiger partial charge in [-0.3, -0.25) is 9.80 Å². The number of carbonyl (C=O) groups is 1. The third-order valence-corrected chi connectivity index (χ3v) is 21.5. The van der Waals surface area contributed by atoms with Gasteiger partial charge in [0.1, 0.15) is 10.1 Å². The zero-order valence-electron chi connectivity index (χ0n) is 88.1. The first-order valence-electron chi connectivity index (χ1n) is 44.0. The number of aliphatic carboxylic acids is 1. The number of anilines is 2. The topological polar surface area (TPSA) is 326 Å². The van der Waals surface area contributed by atoms with E-state index in [-0.39, 0.29) is 236 Å². The van der Waals surface area contributed by atoms with E-state index in [4.69, 9.17) is 0 Å². The summed E-state index contributed by atoms with van der Waals surface area (Å²) in [4.78, 5) is 14.8. The number of benzene rings is 2. The molecule has 2 aromatic carbocycles. The molecule has 0 heterocycles. The molecule has 0 amide bonds. The molecule has 754 valence electrons. The van der Waals surface area contributed by atoms with E-state index in [1.54, 1.807) is 12.1 Å². The molecule has 2 saturated carbocycles.